The van der Waals surface area contributed by atoms with Gasteiger partial charge in [0.2, 0.25) is 15.8 Å². The van der Waals surface area contributed by atoms with Gasteiger partial charge in [0.15, 0.2) is 4.67 Å². The average Bonchev–Trinajstić information content (AvgIpc) is 2.82. The van der Waals surface area contributed by atoms with Crippen molar-refractivity contribution in [3.63, 3.8) is 0 Å². The van der Waals surface area contributed by atoms with Crippen LogP contribution in [0.5, 0.6) is 0 Å². The number of methoxy groups -OCH3 is 1. The van der Waals surface area contributed by atoms with Crippen molar-refractivity contribution < 1.29 is 27.5 Å². The fourth-order valence-corrected chi connectivity index (χ4v) is 4.50. The van der Waals surface area contributed by atoms with Crippen LogP contribution in [0.3, 0.4) is 0 Å². The molecule has 0 radical (unpaired) electrons. The molecule has 0 saturated carbocycles. The molecule has 20 heavy (non-hydrogen) atoms. The maximum absolute atomic E-state index is 12.5. The molecule has 1 aliphatic rings. The second kappa shape index (κ2) is 5.84. The van der Waals surface area contributed by atoms with Gasteiger partial charge < -0.3 is 14.3 Å². The van der Waals surface area contributed by atoms with Crippen LogP contribution < -0.4 is 0 Å². The van der Waals surface area contributed by atoms with Crippen molar-refractivity contribution in [2.45, 2.75) is 23.8 Å². The van der Waals surface area contributed by atoms with Crippen molar-refractivity contribution in [1.29, 1.82) is 0 Å². The van der Waals surface area contributed by atoms with Crippen molar-refractivity contribution in [3.8, 4) is 0 Å². The third kappa shape index (κ3) is 2.90. The lowest BCUT2D eigenvalue weighted by atomic mass is 10.1. The maximum Gasteiger partial charge on any atom is 0.371 e. The topological polar surface area (TPSA) is 97.0 Å². The summed E-state index contributed by atoms with van der Waals surface area (Å²) in [4.78, 5) is 10.7. The van der Waals surface area contributed by atoms with E-state index in [1.807, 2.05) is 0 Å². The molecule has 1 fully saturated rings. The first kappa shape index (κ1) is 15.5. The second-order valence-electron chi connectivity index (χ2n) is 4.42. The normalized spacial score (nSPS) is 21.0. The Bertz CT molecular complexity index is 610. The van der Waals surface area contributed by atoms with Crippen molar-refractivity contribution in [3.05, 3.63) is 16.5 Å². The van der Waals surface area contributed by atoms with Gasteiger partial charge in [0.1, 0.15) is 4.90 Å². The van der Waals surface area contributed by atoms with Crippen LogP contribution in [0.25, 0.3) is 0 Å². The Balaban J connectivity index is 2.32. The minimum atomic E-state index is -3.80. The lowest BCUT2D eigenvalue weighted by Crippen LogP contribution is -2.42. The minimum Gasteiger partial charge on any atom is -0.475 e. The minimum absolute atomic E-state index is 0.102. The second-order valence-corrected chi connectivity index (χ2v) is 7.04. The number of carboxylic acid groups (broad SMARTS) is 1. The first-order chi connectivity index (χ1) is 9.36. The molecule has 2 rings (SSSR count). The number of hydrogen-bond donors (Lipinski definition) is 1. The largest absolute Gasteiger partial charge is 0.475 e. The Labute approximate surface area is 124 Å². The fourth-order valence-electron chi connectivity index (χ4n) is 2.09. The highest BCUT2D eigenvalue weighted by molar-refractivity contribution is 9.10. The van der Waals surface area contributed by atoms with Crippen LogP contribution in [0.1, 0.15) is 23.4 Å². The fraction of sp³-hybridized carbons (Fsp3) is 0.545. The van der Waals surface area contributed by atoms with Crippen LogP contribution in [-0.2, 0) is 14.8 Å². The summed E-state index contributed by atoms with van der Waals surface area (Å²) in [5.74, 6) is -1.74. The molecular weight excluding hydrogens is 354 g/mol. The molecule has 1 unspecified atom stereocenters. The average molecular weight is 368 g/mol. The van der Waals surface area contributed by atoms with Crippen LogP contribution in [0.4, 0.5) is 0 Å². The Morgan fingerprint density at radius 2 is 2.30 bits per heavy atom. The summed E-state index contributed by atoms with van der Waals surface area (Å²) in [6, 6.07) is 1.01. The zero-order chi connectivity index (χ0) is 14.9. The number of nitrogens with zero attached hydrogens (tertiary/aromatic N) is 1. The third-order valence-corrected chi connectivity index (χ3v) is 5.88. The zero-order valence-corrected chi connectivity index (χ0v) is 13.1. The van der Waals surface area contributed by atoms with E-state index in [-0.39, 0.29) is 22.2 Å². The molecule has 1 saturated heterocycles. The van der Waals surface area contributed by atoms with Gasteiger partial charge in [-0.3, -0.25) is 0 Å². The number of aromatic carboxylic acids is 1. The quantitative estimate of drug-likeness (QED) is 0.866. The summed E-state index contributed by atoms with van der Waals surface area (Å²) in [7, 11) is -2.26. The van der Waals surface area contributed by atoms with Crippen LogP contribution >= 0.6 is 15.9 Å². The van der Waals surface area contributed by atoms with E-state index in [2.05, 4.69) is 15.9 Å². The molecule has 1 aliphatic heterocycles. The summed E-state index contributed by atoms with van der Waals surface area (Å²) in [6.07, 6.45) is 1.34. The molecule has 1 aromatic heterocycles. The van der Waals surface area contributed by atoms with Crippen molar-refractivity contribution in [1.82, 2.24) is 4.31 Å². The number of sulfonamides is 1. The van der Waals surface area contributed by atoms with E-state index in [4.69, 9.17) is 14.3 Å². The van der Waals surface area contributed by atoms with Crippen molar-refractivity contribution in [2.24, 2.45) is 0 Å². The first-order valence-electron chi connectivity index (χ1n) is 5.92. The molecule has 0 aromatic carbocycles. The molecule has 0 amide bonds. The summed E-state index contributed by atoms with van der Waals surface area (Å²) in [6.45, 7) is 0.626. The molecule has 1 aromatic rings. The zero-order valence-electron chi connectivity index (χ0n) is 10.7. The van der Waals surface area contributed by atoms with Crippen molar-refractivity contribution in [2.75, 3.05) is 20.2 Å². The molecule has 0 spiro atoms. The summed E-state index contributed by atoms with van der Waals surface area (Å²) in [5.41, 5.74) is 0. The molecule has 2 heterocycles. The molecule has 9 heteroatoms. The van der Waals surface area contributed by atoms with E-state index >= 15 is 0 Å². The summed E-state index contributed by atoms with van der Waals surface area (Å²) in [5, 5.41) is 8.84. The monoisotopic (exact) mass is 367 g/mol. The number of piperidine rings is 1. The van der Waals surface area contributed by atoms with E-state index in [1.165, 1.54) is 11.4 Å². The van der Waals surface area contributed by atoms with E-state index in [0.29, 0.717) is 13.0 Å². The number of ether oxygens (including phenoxy) is 1. The Hall–Kier alpha value is -0.900. The lowest BCUT2D eigenvalue weighted by molar-refractivity contribution is 0.0571. The van der Waals surface area contributed by atoms with Gasteiger partial charge in [0.05, 0.1) is 6.10 Å². The molecule has 0 bridgehead atoms. The number of halogens is 1. The van der Waals surface area contributed by atoms with Gasteiger partial charge in [-0.25, -0.2) is 13.2 Å². The van der Waals surface area contributed by atoms with E-state index in [9.17, 15) is 13.2 Å². The van der Waals surface area contributed by atoms with Gasteiger partial charge in [0, 0.05) is 26.3 Å². The Morgan fingerprint density at radius 1 is 1.60 bits per heavy atom. The highest BCUT2D eigenvalue weighted by Gasteiger charge is 2.34. The van der Waals surface area contributed by atoms with Gasteiger partial charge in [-0.1, -0.05) is 0 Å². The van der Waals surface area contributed by atoms with E-state index in [0.717, 1.165) is 12.5 Å². The summed E-state index contributed by atoms with van der Waals surface area (Å²) < 4.78 is 36.2. The molecule has 112 valence electrons. The maximum atomic E-state index is 12.5. The van der Waals surface area contributed by atoms with E-state index in [1.54, 1.807) is 0 Å². The lowest BCUT2D eigenvalue weighted by Gasteiger charge is -2.30. The standard InChI is InChI=1S/C11H14BrNO6S/c1-18-7-3-2-4-13(6-7)20(16,17)9-5-8(11(14)15)19-10(9)12/h5,7H,2-4,6H2,1H3,(H,14,15). The molecule has 7 nitrogen and oxygen atoms in total. The van der Waals surface area contributed by atoms with E-state index < -0.39 is 21.8 Å². The predicted octanol–water partition coefficient (Wildman–Crippen LogP) is 1.54. The first-order valence-corrected chi connectivity index (χ1v) is 8.15. The number of carbonyl (C=O) groups is 1. The van der Waals surface area contributed by atoms with Crippen LogP contribution in [0.15, 0.2) is 20.0 Å². The van der Waals surface area contributed by atoms with Crippen LogP contribution in [0.2, 0.25) is 0 Å². The molecule has 1 N–H and O–H groups in total. The number of hydrogen-bond acceptors (Lipinski definition) is 5. The predicted molar refractivity (Wildman–Crippen MR) is 72.2 cm³/mol. The highest BCUT2D eigenvalue weighted by Crippen LogP contribution is 2.30. The van der Waals surface area contributed by atoms with Gasteiger partial charge in [-0.05, 0) is 28.8 Å². The van der Waals surface area contributed by atoms with Gasteiger partial charge >= 0.3 is 5.97 Å². The molecular formula is C11H14BrNO6S. The SMILES string of the molecule is COC1CCCN(S(=O)(=O)c2cc(C(=O)O)oc2Br)C1. The van der Waals surface area contributed by atoms with Crippen LogP contribution in [-0.4, -0.2) is 50.1 Å². The highest BCUT2D eigenvalue weighted by atomic mass is 79.9. The number of furan rings is 1. The van der Waals surface area contributed by atoms with Crippen molar-refractivity contribution >= 4 is 31.9 Å². The Kier molecular flexibility index (Phi) is 4.52. The van der Waals surface area contributed by atoms with Gasteiger partial charge in [-0.15, -0.1) is 0 Å². The third-order valence-electron chi connectivity index (χ3n) is 3.16. The number of rotatable bonds is 4. The van der Waals surface area contributed by atoms with Gasteiger partial charge in [0.25, 0.3) is 0 Å². The summed E-state index contributed by atoms with van der Waals surface area (Å²) >= 11 is 2.95. The number of carboxylic acids is 1. The smallest absolute Gasteiger partial charge is 0.371 e. The Morgan fingerprint density at radius 3 is 2.85 bits per heavy atom. The molecule has 0 aliphatic carbocycles. The molecule has 1 atom stereocenters. The van der Waals surface area contributed by atoms with Crippen LogP contribution in [0, 0.1) is 0 Å². The van der Waals surface area contributed by atoms with Gasteiger partial charge in [-0.2, -0.15) is 4.31 Å².